The first-order valence-corrected chi connectivity index (χ1v) is 9.48. The molecule has 2 saturated heterocycles. The van der Waals surface area contributed by atoms with Gasteiger partial charge in [0.1, 0.15) is 0 Å². The molecule has 0 saturated carbocycles. The summed E-state index contributed by atoms with van der Waals surface area (Å²) in [5, 5.41) is 0. The Morgan fingerprint density at radius 2 is 2.04 bits per heavy atom. The minimum absolute atomic E-state index is 0.0855. The first kappa shape index (κ1) is 16.8. The Bertz CT molecular complexity index is 550. The normalized spacial score (nSPS) is 26.3. The standard InChI is InChI=1S/C18H27N3OS/c1-14(2)16(19)17(22)20-9-8-18(13-20)21(10-11-23-18)12-15-6-4-3-5-7-15/h3-7,14,16H,8-13,19H2,1-2H3/t16-,18?/m0/s1. The van der Waals surface area contributed by atoms with Crippen molar-refractivity contribution in [2.45, 2.75) is 37.7 Å². The molecular weight excluding hydrogens is 306 g/mol. The summed E-state index contributed by atoms with van der Waals surface area (Å²) in [6, 6.07) is 10.2. The number of amides is 1. The van der Waals surface area contributed by atoms with E-state index in [0.717, 1.165) is 38.4 Å². The van der Waals surface area contributed by atoms with Gasteiger partial charge in [0.2, 0.25) is 5.91 Å². The molecule has 4 nitrogen and oxygen atoms in total. The van der Waals surface area contributed by atoms with E-state index in [1.54, 1.807) is 0 Å². The largest absolute Gasteiger partial charge is 0.339 e. The molecule has 126 valence electrons. The van der Waals surface area contributed by atoms with Gasteiger partial charge < -0.3 is 10.6 Å². The highest BCUT2D eigenvalue weighted by Gasteiger charge is 2.48. The highest BCUT2D eigenvalue weighted by Crippen LogP contribution is 2.43. The Morgan fingerprint density at radius 1 is 1.30 bits per heavy atom. The number of carbonyl (C=O) groups is 1. The molecular formula is C18H27N3OS. The van der Waals surface area contributed by atoms with Crippen LogP contribution < -0.4 is 5.73 Å². The summed E-state index contributed by atoms with van der Waals surface area (Å²) in [6.07, 6.45) is 1.04. The molecule has 2 aliphatic rings. The van der Waals surface area contributed by atoms with Gasteiger partial charge in [-0.05, 0) is 17.9 Å². The molecule has 0 aromatic heterocycles. The number of thioether (sulfide) groups is 1. The van der Waals surface area contributed by atoms with Gasteiger partial charge in [0, 0.05) is 31.9 Å². The molecule has 2 atom stereocenters. The monoisotopic (exact) mass is 333 g/mol. The Kier molecular flexibility index (Phi) is 4.99. The smallest absolute Gasteiger partial charge is 0.239 e. The summed E-state index contributed by atoms with van der Waals surface area (Å²) < 4.78 is 0. The summed E-state index contributed by atoms with van der Waals surface area (Å²) in [4.78, 5) is 17.2. The van der Waals surface area contributed by atoms with Crippen LogP contribution in [0.1, 0.15) is 25.8 Å². The van der Waals surface area contributed by atoms with E-state index >= 15 is 0 Å². The van der Waals surface area contributed by atoms with Crippen molar-refractivity contribution in [3.05, 3.63) is 35.9 Å². The predicted molar refractivity (Wildman–Crippen MR) is 96.1 cm³/mol. The molecule has 1 unspecified atom stereocenters. The van der Waals surface area contributed by atoms with Crippen molar-refractivity contribution < 1.29 is 4.79 Å². The lowest BCUT2D eigenvalue weighted by Crippen LogP contribution is -2.49. The van der Waals surface area contributed by atoms with Gasteiger partial charge in [0.15, 0.2) is 0 Å². The second kappa shape index (κ2) is 6.83. The summed E-state index contributed by atoms with van der Waals surface area (Å²) in [5.74, 6) is 1.45. The molecule has 1 spiro atoms. The molecule has 5 heteroatoms. The van der Waals surface area contributed by atoms with Crippen molar-refractivity contribution in [3.63, 3.8) is 0 Å². The number of hydrogen-bond acceptors (Lipinski definition) is 4. The molecule has 23 heavy (non-hydrogen) atoms. The van der Waals surface area contributed by atoms with Crippen molar-refractivity contribution in [2.75, 3.05) is 25.4 Å². The Morgan fingerprint density at radius 3 is 2.74 bits per heavy atom. The number of nitrogens with zero attached hydrogens (tertiary/aromatic N) is 2. The average molecular weight is 334 g/mol. The fraction of sp³-hybridized carbons (Fsp3) is 0.611. The van der Waals surface area contributed by atoms with Crippen molar-refractivity contribution >= 4 is 17.7 Å². The van der Waals surface area contributed by atoms with E-state index in [4.69, 9.17) is 5.73 Å². The third kappa shape index (κ3) is 3.42. The quantitative estimate of drug-likeness (QED) is 0.917. The van der Waals surface area contributed by atoms with E-state index in [1.165, 1.54) is 5.56 Å². The maximum Gasteiger partial charge on any atom is 0.239 e. The fourth-order valence-electron chi connectivity index (χ4n) is 3.49. The number of nitrogens with two attached hydrogens (primary N) is 1. The van der Waals surface area contributed by atoms with Crippen molar-refractivity contribution in [1.29, 1.82) is 0 Å². The molecule has 2 N–H and O–H groups in total. The second-order valence-corrected chi connectivity index (χ2v) is 8.44. The van der Waals surface area contributed by atoms with Crippen LogP contribution in [0.5, 0.6) is 0 Å². The van der Waals surface area contributed by atoms with Crippen molar-refractivity contribution in [1.82, 2.24) is 9.80 Å². The molecule has 3 rings (SSSR count). The minimum Gasteiger partial charge on any atom is -0.339 e. The zero-order valence-corrected chi connectivity index (χ0v) is 14.9. The molecule has 2 heterocycles. The van der Waals surface area contributed by atoms with Crippen molar-refractivity contribution in [3.8, 4) is 0 Å². The molecule has 1 aromatic rings. The predicted octanol–water partition coefficient (Wildman–Crippen LogP) is 2.15. The summed E-state index contributed by atoms with van der Waals surface area (Å²) in [6.45, 7) is 7.73. The zero-order chi connectivity index (χ0) is 16.4. The van der Waals surface area contributed by atoms with Gasteiger partial charge in [0.05, 0.1) is 10.9 Å². The van der Waals surface area contributed by atoms with Gasteiger partial charge in [-0.3, -0.25) is 9.69 Å². The lowest BCUT2D eigenvalue weighted by atomic mass is 10.0. The van der Waals surface area contributed by atoms with Crippen LogP contribution in [0.3, 0.4) is 0 Å². The van der Waals surface area contributed by atoms with Gasteiger partial charge in [-0.2, -0.15) is 0 Å². The molecule has 0 aliphatic carbocycles. The third-order valence-corrected chi connectivity index (χ3v) is 6.57. The van der Waals surface area contributed by atoms with Gasteiger partial charge in [-0.15, -0.1) is 11.8 Å². The topological polar surface area (TPSA) is 49.6 Å². The first-order chi connectivity index (χ1) is 11.0. The van der Waals surface area contributed by atoms with E-state index in [0.29, 0.717) is 0 Å². The average Bonchev–Trinajstić information content (AvgIpc) is 3.15. The highest BCUT2D eigenvalue weighted by molar-refractivity contribution is 8.00. The van der Waals surface area contributed by atoms with Crippen LogP contribution in [0.2, 0.25) is 0 Å². The third-order valence-electron chi connectivity index (χ3n) is 5.05. The fourth-order valence-corrected chi connectivity index (χ4v) is 5.01. The minimum atomic E-state index is -0.376. The van der Waals surface area contributed by atoms with Crippen LogP contribution in [0.25, 0.3) is 0 Å². The van der Waals surface area contributed by atoms with Gasteiger partial charge in [-0.1, -0.05) is 44.2 Å². The van der Waals surface area contributed by atoms with Crippen LogP contribution in [-0.2, 0) is 11.3 Å². The van der Waals surface area contributed by atoms with Crippen molar-refractivity contribution in [2.24, 2.45) is 11.7 Å². The Hall–Kier alpha value is -1.04. The number of rotatable bonds is 4. The van der Waals surface area contributed by atoms with Crippen LogP contribution in [0, 0.1) is 5.92 Å². The van der Waals surface area contributed by atoms with E-state index in [9.17, 15) is 4.79 Å². The molecule has 2 fully saturated rings. The summed E-state index contributed by atoms with van der Waals surface area (Å²) >= 11 is 2.01. The molecule has 0 bridgehead atoms. The first-order valence-electron chi connectivity index (χ1n) is 8.49. The maximum absolute atomic E-state index is 12.6. The molecule has 0 radical (unpaired) electrons. The van der Waals surface area contributed by atoms with E-state index in [2.05, 4.69) is 35.2 Å². The van der Waals surface area contributed by atoms with Crippen LogP contribution in [0.4, 0.5) is 0 Å². The zero-order valence-electron chi connectivity index (χ0n) is 14.1. The lowest BCUT2D eigenvalue weighted by Gasteiger charge is -2.34. The second-order valence-electron chi connectivity index (χ2n) is 6.98. The van der Waals surface area contributed by atoms with Crippen LogP contribution >= 0.6 is 11.8 Å². The van der Waals surface area contributed by atoms with Crippen LogP contribution in [-0.4, -0.2) is 52.0 Å². The molecule has 1 aromatic carbocycles. The lowest BCUT2D eigenvalue weighted by molar-refractivity contribution is -0.132. The summed E-state index contributed by atoms with van der Waals surface area (Å²) in [7, 11) is 0. The Labute approximate surface area is 143 Å². The number of carbonyl (C=O) groups excluding carboxylic acids is 1. The van der Waals surface area contributed by atoms with Crippen LogP contribution in [0.15, 0.2) is 30.3 Å². The number of benzene rings is 1. The van der Waals surface area contributed by atoms with E-state index < -0.39 is 0 Å². The van der Waals surface area contributed by atoms with Gasteiger partial charge in [-0.25, -0.2) is 0 Å². The summed E-state index contributed by atoms with van der Waals surface area (Å²) in [5.41, 5.74) is 7.42. The van der Waals surface area contributed by atoms with Gasteiger partial charge >= 0.3 is 0 Å². The Balaban J connectivity index is 1.68. The highest BCUT2D eigenvalue weighted by atomic mass is 32.2. The molecule has 1 amide bonds. The maximum atomic E-state index is 12.6. The number of likely N-dealkylation sites (tertiary alicyclic amines) is 1. The SMILES string of the molecule is CC(C)[C@H](N)C(=O)N1CCC2(C1)SCCN2Cc1ccccc1. The van der Waals surface area contributed by atoms with Gasteiger partial charge in [0.25, 0.3) is 0 Å². The van der Waals surface area contributed by atoms with E-state index in [-0.39, 0.29) is 22.7 Å². The molecule has 2 aliphatic heterocycles. The number of hydrogen-bond donors (Lipinski definition) is 1. The van der Waals surface area contributed by atoms with E-state index in [1.807, 2.05) is 30.5 Å².